The monoisotopic (exact) mass is 378 g/mol. The molecule has 0 aromatic carbocycles. The van der Waals surface area contributed by atoms with E-state index < -0.39 is 40.4 Å². The van der Waals surface area contributed by atoms with E-state index in [1.807, 2.05) is 0 Å². The molecule has 0 N–H and O–H groups in total. The van der Waals surface area contributed by atoms with Crippen molar-refractivity contribution in [2.75, 3.05) is 21.1 Å². The van der Waals surface area contributed by atoms with E-state index >= 15 is 0 Å². The number of quaternary nitrogens is 1. The first-order chi connectivity index (χ1) is 9.50. The van der Waals surface area contributed by atoms with Crippen molar-refractivity contribution in [1.29, 1.82) is 0 Å². The molecule has 0 atom stereocenters. The van der Waals surface area contributed by atoms with Crippen LogP contribution in [0.3, 0.4) is 0 Å². The molecule has 0 radical (unpaired) electrons. The topological polar surface area (TPSA) is 0 Å². The Morgan fingerprint density at radius 3 is 0.913 bits per heavy atom. The van der Waals surface area contributed by atoms with Crippen LogP contribution >= 0.6 is 0 Å². The maximum atomic E-state index is 13.3. The largest absolute Gasteiger partial charge is 0.461 e. The maximum absolute atomic E-state index is 13.3. The van der Waals surface area contributed by atoms with Crippen LogP contribution in [0.4, 0.5) is 57.1 Å². The molecule has 0 rings (SSSR count). The van der Waals surface area contributed by atoms with E-state index in [1.54, 1.807) is 0 Å². The Bertz CT molecular complexity index is 401. The van der Waals surface area contributed by atoms with Crippen LogP contribution in [0.1, 0.15) is 0 Å². The van der Waals surface area contributed by atoms with Crippen molar-refractivity contribution in [1.82, 2.24) is 0 Å². The van der Waals surface area contributed by atoms with Gasteiger partial charge in [-0.15, -0.1) is 8.78 Å². The molecule has 0 unspecified atom stereocenters. The molecule has 140 valence electrons. The number of alkyl halides is 13. The van der Waals surface area contributed by atoms with Gasteiger partial charge in [-0.2, -0.15) is 48.3 Å². The van der Waals surface area contributed by atoms with Gasteiger partial charge in [-0.1, -0.05) is 0 Å². The lowest BCUT2D eigenvalue weighted by Crippen LogP contribution is -2.74. The molecule has 0 aliphatic heterocycles. The van der Waals surface area contributed by atoms with Crippen molar-refractivity contribution in [3.05, 3.63) is 0 Å². The molecule has 0 aliphatic carbocycles. The normalized spacial score (nSPS) is 16.7. The number of halogens is 13. The molecular formula is C9H9F13N+. The second-order valence-electron chi connectivity index (χ2n) is 5.35. The first-order valence-electron chi connectivity index (χ1n) is 5.27. The second kappa shape index (κ2) is 5.02. The minimum Gasteiger partial charge on any atom is -0.265 e. The van der Waals surface area contributed by atoms with Crippen molar-refractivity contribution in [3.8, 4) is 0 Å². The first kappa shape index (κ1) is 22.1. The van der Waals surface area contributed by atoms with E-state index in [2.05, 4.69) is 0 Å². The van der Waals surface area contributed by atoms with E-state index in [0.717, 1.165) is 0 Å². The van der Waals surface area contributed by atoms with Gasteiger partial charge in [-0.05, 0) is 0 Å². The fourth-order valence-electron chi connectivity index (χ4n) is 1.18. The Hall–Kier alpha value is -0.950. The fourth-order valence-corrected chi connectivity index (χ4v) is 1.18. The SMILES string of the molecule is C[N+](C)(C)C(F)(F)C(F)(F)C(F)(F)C(F)(F)C(F)(F)C(F)(F)F. The van der Waals surface area contributed by atoms with Gasteiger partial charge in [0.2, 0.25) is 0 Å². The Kier molecular flexibility index (Phi) is 4.81. The highest BCUT2D eigenvalue weighted by atomic mass is 19.4. The lowest BCUT2D eigenvalue weighted by Gasteiger charge is -2.43. The van der Waals surface area contributed by atoms with Crippen LogP contribution in [0.2, 0.25) is 0 Å². The lowest BCUT2D eigenvalue weighted by molar-refractivity contribution is -0.975. The van der Waals surface area contributed by atoms with Crippen molar-refractivity contribution in [2.24, 2.45) is 0 Å². The van der Waals surface area contributed by atoms with Gasteiger partial charge in [-0.25, -0.2) is 0 Å². The highest BCUT2D eigenvalue weighted by Gasteiger charge is 2.93. The quantitative estimate of drug-likeness (QED) is 0.378. The van der Waals surface area contributed by atoms with E-state index in [9.17, 15) is 57.1 Å². The van der Waals surface area contributed by atoms with Gasteiger partial charge < -0.3 is 0 Å². The van der Waals surface area contributed by atoms with Crippen molar-refractivity contribution in [2.45, 2.75) is 35.9 Å². The summed E-state index contributed by atoms with van der Waals surface area (Å²) in [6, 6.07) is -6.11. The van der Waals surface area contributed by atoms with Crippen LogP contribution in [-0.2, 0) is 0 Å². The van der Waals surface area contributed by atoms with E-state index in [1.165, 1.54) is 0 Å². The van der Waals surface area contributed by atoms with E-state index in [-0.39, 0.29) is 21.1 Å². The average molecular weight is 378 g/mol. The third kappa shape index (κ3) is 2.71. The highest BCUT2D eigenvalue weighted by Crippen LogP contribution is 2.60. The average Bonchev–Trinajstić information content (AvgIpc) is 2.24. The third-order valence-electron chi connectivity index (χ3n) is 2.76. The molecule has 0 fully saturated rings. The summed E-state index contributed by atoms with van der Waals surface area (Å²) < 4.78 is 163. The summed E-state index contributed by atoms with van der Waals surface area (Å²) in [6.45, 7) is 0. The third-order valence-corrected chi connectivity index (χ3v) is 2.76. The summed E-state index contributed by atoms with van der Waals surface area (Å²) >= 11 is 0. The molecule has 23 heavy (non-hydrogen) atoms. The number of nitrogens with zero attached hydrogens (tertiary/aromatic N) is 1. The first-order valence-corrected chi connectivity index (χ1v) is 5.27. The highest BCUT2D eigenvalue weighted by molar-refractivity contribution is 5.08. The van der Waals surface area contributed by atoms with E-state index in [4.69, 9.17) is 0 Å². The van der Waals surface area contributed by atoms with Gasteiger partial charge in [-0.3, -0.25) is 4.48 Å². The van der Waals surface area contributed by atoms with Crippen molar-refractivity contribution < 1.29 is 61.6 Å². The van der Waals surface area contributed by atoms with Crippen LogP contribution in [0.5, 0.6) is 0 Å². The smallest absolute Gasteiger partial charge is 0.265 e. The van der Waals surface area contributed by atoms with Gasteiger partial charge in [0.25, 0.3) is 0 Å². The summed E-state index contributed by atoms with van der Waals surface area (Å²) in [7, 11) is 0.345. The van der Waals surface area contributed by atoms with Crippen LogP contribution in [0, 0.1) is 0 Å². The Balaban J connectivity index is 6.37. The predicted octanol–water partition coefficient (Wildman–Crippen LogP) is 4.39. The number of hydrogen-bond acceptors (Lipinski definition) is 0. The van der Waals surface area contributed by atoms with Crippen molar-refractivity contribution in [3.63, 3.8) is 0 Å². The molecule has 0 aromatic heterocycles. The van der Waals surface area contributed by atoms with Crippen LogP contribution in [0.25, 0.3) is 0 Å². The van der Waals surface area contributed by atoms with Crippen LogP contribution < -0.4 is 0 Å². The number of hydrogen-bond donors (Lipinski definition) is 0. The predicted molar refractivity (Wildman–Crippen MR) is 48.8 cm³/mol. The Morgan fingerprint density at radius 1 is 0.435 bits per heavy atom. The summed E-state index contributed by atoms with van der Waals surface area (Å²) in [4.78, 5) is 0. The molecular weight excluding hydrogens is 369 g/mol. The fraction of sp³-hybridized carbons (Fsp3) is 1.00. The zero-order chi connectivity index (χ0) is 19.5. The maximum Gasteiger partial charge on any atom is 0.461 e. The number of rotatable bonds is 5. The van der Waals surface area contributed by atoms with Crippen LogP contribution in [-0.4, -0.2) is 61.5 Å². The molecule has 0 bridgehead atoms. The van der Waals surface area contributed by atoms with Crippen molar-refractivity contribution >= 4 is 0 Å². The molecule has 0 aliphatic rings. The van der Waals surface area contributed by atoms with Gasteiger partial charge in [0.05, 0.1) is 21.1 Å². The second-order valence-corrected chi connectivity index (χ2v) is 5.35. The molecule has 0 spiro atoms. The summed E-state index contributed by atoms with van der Waals surface area (Å²) in [5, 5.41) is 0. The van der Waals surface area contributed by atoms with Gasteiger partial charge >= 0.3 is 35.9 Å². The van der Waals surface area contributed by atoms with Gasteiger partial charge in [0, 0.05) is 0 Å². The minimum atomic E-state index is -7.85. The molecule has 14 heteroatoms. The summed E-state index contributed by atoms with van der Waals surface area (Å²) in [5.74, 6) is -30.5. The molecule has 0 saturated carbocycles. The summed E-state index contributed by atoms with van der Waals surface area (Å²) in [6.07, 6.45) is -7.39. The summed E-state index contributed by atoms with van der Waals surface area (Å²) in [5.41, 5.74) is 0. The molecule has 0 amide bonds. The molecule has 0 saturated heterocycles. The standard InChI is InChI=1S/C9H9F13N/c1-23(2,3)9(21,22)7(16,17)5(12,13)4(10,11)6(14,15)8(18,19)20/h1-3H3/q+1. The molecule has 1 nitrogen and oxygen atoms in total. The van der Waals surface area contributed by atoms with Gasteiger partial charge in [0.1, 0.15) is 0 Å². The Labute approximate surface area is 120 Å². The Morgan fingerprint density at radius 2 is 0.696 bits per heavy atom. The molecule has 0 heterocycles. The molecule has 0 aromatic rings. The zero-order valence-electron chi connectivity index (χ0n) is 11.4. The van der Waals surface area contributed by atoms with Crippen LogP contribution in [0.15, 0.2) is 0 Å². The zero-order valence-corrected chi connectivity index (χ0v) is 11.4. The minimum absolute atomic E-state index is 0.115. The van der Waals surface area contributed by atoms with E-state index in [0.29, 0.717) is 0 Å². The van der Waals surface area contributed by atoms with Gasteiger partial charge in [0.15, 0.2) is 0 Å². The lowest BCUT2D eigenvalue weighted by atomic mass is 9.96.